The first kappa shape index (κ1) is 25.0. The van der Waals surface area contributed by atoms with Crippen LogP contribution < -0.4 is 14.8 Å². The summed E-state index contributed by atoms with van der Waals surface area (Å²) in [7, 11) is 0. The summed E-state index contributed by atoms with van der Waals surface area (Å²) >= 11 is 1.72. The van der Waals surface area contributed by atoms with E-state index < -0.39 is 23.2 Å². The second-order valence-corrected chi connectivity index (χ2v) is 10.2. The smallest absolute Gasteiger partial charge is 0.408 e. The third-order valence-corrected chi connectivity index (χ3v) is 4.96. The number of rotatable bonds is 7. The van der Waals surface area contributed by atoms with Gasteiger partial charge in [0.1, 0.15) is 17.8 Å². The second-order valence-electron chi connectivity index (χ2n) is 8.97. The maximum atomic E-state index is 12.4. The molecule has 31 heavy (non-hydrogen) atoms. The van der Waals surface area contributed by atoms with Gasteiger partial charge in [-0.2, -0.15) is 0 Å². The first-order valence-corrected chi connectivity index (χ1v) is 11.4. The van der Waals surface area contributed by atoms with Crippen molar-refractivity contribution in [3.63, 3.8) is 0 Å². The lowest BCUT2D eigenvalue weighted by molar-refractivity contribution is -0.143. The van der Waals surface area contributed by atoms with Crippen molar-refractivity contribution >= 4 is 41.3 Å². The summed E-state index contributed by atoms with van der Waals surface area (Å²) in [6.07, 6.45) is -0.115. The van der Waals surface area contributed by atoms with Gasteiger partial charge in [0, 0.05) is 11.1 Å². The molecule has 0 aliphatic rings. The third kappa shape index (κ3) is 8.39. The van der Waals surface area contributed by atoms with Gasteiger partial charge in [0.05, 0.1) is 17.2 Å². The highest BCUT2D eigenvalue weighted by Crippen LogP contribution is 2.28. The number of hydrogen-bond acceptors (Lipinski definition) is 9. The molecule has 10 heteroatoms. The predicted octanol–water partition coefficient (Wildman–Crippen LogP) is 5.44. The topological polar surface area (TPSA) is 110 Å². The molecule has 0 spiro atoms. The number of alkyl carbamates (subject to hydrolysis) is 1. The Balaban J connectivity index is 2.21. The van der Waals surface area contributed by atoms with Crippen LogP contribution in [0.3, 0.4) is 0 Å². The average Bonchev–Trinajstić information content (AvgIpc) is 3.09. The van der Waals surface area contributed by atoms with E-state index in [0.29, 0.717) is 24.3 Å². The Morgan fingerprint density at radius 3 is 2.35 bits per heavy atom. The van der Waals surface area contributed by atoms with E-state index in [-0.39, 0.29) is 11.2 Å². The number of anilines is 1. The van der Waals surface area contributed by atoms with E-state index in [1.807, 2.05) is 24.3 Å². The number of nitrogens with one attached hydrogen (secondary N) is 2. The standard InChI is InChI=1S/C21H29N3O5S2/c1-20(2,3)17(25)28-19-23-16(12-30-19)15(22-18(26)29-21(4,5)6)11-13-7-9-14(10-8-13)24-31-27/h7-10,12,15,24,27H,11H2,1-6H3,(H,22,26)/t15-/m0/s1. The van der Waals surface area contributed by atoms with Crippen LogP contribution in [0.2, 0.25) is 0 Å². The summed E-state index contributed by atoms with van der Waals surface area (Å²) in [5.74, 6) is -0.380. The van der Waals surface area contributed by atoms with Crippen molar-refractivity contribution in [1.29, 1.82) is 0 Å². The second kappa shape index (κ2) is 10.3. The monoisotopic (exact) mass is 467 g/mol. The minimum Gasteiger partial charge on any atom is -0.444 e. The van der Waals surface area contributed by atoms with Crippen LogP contribution in [0.15, 0.2) is 29.6 Å². The number of hydrogen-bond donors (Lipinski definition) is 3. The van der Waals surface area contributed by atoms with Crippen molar-refractivity contribution in [1.82, 2.24) is 10.3 Å². The highest BCUT2D eigenvalue weighted by Gasteiger charge is 2.27. The Hall–Kier alpha value is -2.30. The average molecular weight is 468 g/mol. The Morgan fingerprint density at radius 2 is 1.81 bits per heavy atom. The molecule has 1 heterocycles. The quantitative estimate of drug-likeness (QED) is 0.281. The van der Waals surface area contributed by atoms with Crippen LogP contribution in [0.25, 0.3) is 0 Å². The molecular weight excluding hydrogens is 438 g/mol. The van der Waals surface area contributed by atoms with Gasteiger partial charge < -0.3 is 24.1 Å². The van der Waals surface area contributed by atoms with Crippen molar-refractivity contribution in [2.75, 3.05) is 4.72 Å². The lowest BCUT2D eigenvalue weighted by atomic mass is 9.98. The molecule has 0 radical (unpaired) electrons. The zero-order chi connectivity index (χ0) is 23.2. The first-order chi connectivity index (χ1) is 14.4. The summed E-state index contributed by atoms with van der Waals surface area (Å²) in [6.45, 7) is 10.7. The number of nitrogens with zero attached hydrogens (tertiary/aromatic N) is 1. The van der Waals surface area contributed by atoms with Crippen molar-refractivity contribution in [2.45, 2.75) is 59.6 Å². The Labute approximate surface area is 191 Å². The lowest BCUT2D eigenvalue weighted by Crippen LogP contribution is -2.36. The van der Waals surface area contributed by atoms with Gasteiger partial charge in [0.2, 0.25) is 0 Å². The van der Waals surface area contributed by atoms with E-state index in [1.165, 1.54) is 11.3 Å². The predicted molar refractivity (Wildman–Crippen MR) is 123 cm³/mol. The van der Waals surface area contributed by atoms with Gasteiger partial charge in [-0.15, -0.1) is 0 Å². The summed E-state index contributed by atoms with van der Waals surface area (Å²) in [5.41, 5.74) is 0.969. The lowest BCUT2D eigenvalue weighted by Gasteiger charge is -2.23. The van der Waals surface area contributed by atoms with Crippen LogP contribution in [0, 0.1) is 5.41 Å². The highest BCUT2D eigenvalue weighted by molar-refractivity contribution is 7.95. The normalized spacial score (nSPS) is 12.7. The van der Waals surface area contributed by atoms with Gasteiger partial charge in [0.15, 0.2) is 0 Å². The van der Waals surface area contributed by atoms with Gasteiger partial charge in [-0.1, -0.05) is 23.5 Å². The van der Waals surface area contributed by atoms with E-state index in [1.54, 1.807) is 46.9 Å². The molecule has 3 N–H and O–H groups in total. The zero-order valence-corrected chi connectivity index (χ0v) is 20.1. The highest BCUT2D eigenvalue weighted by atomic mass is 32.2. The number of carbonyl (C=O) groups excluding carboxylic acids is 2. The van der Waals surface area contributed by atoms with Crippen LogP contribution in [0.4, 0.5) is 10.5 Å². The van der Waals surface area contributed by atoms with E-state index in [2.05, 4.69) is 15.0 Å². The number of thiazole rings is 1. The van der Waals surface area contributed by atoms with E-state index in [4.69, 9.17) is 14.0 Å². The molecule has 1 amide bonds. The van der Waals surface area contributed by atoms with Gasteiger partial charge in [-0.25, -0.2) is 9.78 Å². The molecule has 1 aromatic carbocycles. The molecule has 170 valence electrons. The fraction of sp³-hybridized carbons (Fsp3) is 0.476. The van der Waals surface area contributed by atoms with E-state index in [0.717, 1.165) is 11.3 Å². The maximum absolute atomic E-state index is 12.4. The summed E-state index contributed by atoms with van der Waals surface area (Å²) in [5, 5.41) is 4.84. The summed E-state index contributed by atoms with van der Waals surface area (Å²) < 4.78 is 22.4. The number of amides is 1. The fourth-order valence-electron chi connectivity index (χ4n) is 2.38. The van der Waals surface area contributed by atoms with E-state index in [9.17, 15) is 9.59 Å². The van der Waals surface area contributed by atoms with Crippen molar-refractivity contribution < 1.29 is 23.6 Å². The number of aromatic nitrogens is 1. The molecule has 0 aliphatic carbocycles. The van der Waals surface area contributed by atoms with Crippen molar-refractivity contribution in [3.05, 3.63) is 40.9 Å². The fourth-order valence-corrected chi connectivity index (χ4v) is 3.35. The van der Waals surface area contributed by atoms with Crippen LogP contribution in [-0.4, -0.2) is 27.2 Å². The van der Waals surface area contributed by atoms with Crippen LogP contribution in [0.5, 0.6) is 5.19 Å². The van der Waals surface area contributed by atoms with Crippen LogP contribution >= 0.6 is 23.6 Å². The van der Waals surface area contributed by atoms with Gasteiger partial charge in [0.25, 0.3) is 5.19 Å². The Morgan fingerprint density at radius 1 is 1.16 bits per heavy atom. The molecule has 1 atom stereocenters. The van der Waals surface area contributed by atoms with Gasteiger partial charge >= 0.3 is 12.1 Å². The Kier molecular flexibility index (Phi) is 8.33. The molecule has 0 bridgehead atoms. The van der Waals surface area contributed by atoms with Gasteiger partial charge in [-0.05, 0) is 65.7 Å². The molecule has 0 saturated heterocycles. The molecule has 0 saturated carbocycles. The SMILES string of the molecule is CC(C)(C)OC(=O)N[C@@H](Cc1ccc(NSO)cc1)c1csc(OC(=O)C(C)(C)C)n1. The maximum Gasteiger partial charge on any atom is 0.408 e. The number of benzene rings is 1. The van der Waals surface area contributed by atoms with Crippen LogP contribution in [0.1, 0.15) is 58.8 Å². The van der Waals surface area contributed by atoms with Crippen molar-refractivity contribution in [3.8, 4) is 5.19 Å². The van der Waals surface area contributed by atoms with Crippen LogP contribution in [-0.2, 0) is 16.0 Å². The van der Waals surface area contributed by atoms with Crippen molar-refractivity contribution in [2.24, 2.45) is 5.41 Å². The number of carbonyl (C=O) groups is 2. The zero-order valence-electron chi connectivity index (χ0n) is 18.5. The number of esters is 1. The first-order valence-electron chi connectivity index (χ1n) is 9.70. The summed E-state index contributed by atoms with van der Waals surface area (Å²) in [6, 6.07) is 6.92. The summed E-state index contributed by atoms with van der Waals surface area (Å²) in [4.78, 5) is 29.0. The molecule has 2 rings (SSSR count). The minimum atomic E-state index is -0.650. The molecule has 0 fully saturated rings. The number of ether oxygens (including phenoxy) is 2. The molecule has 2 aromatic rings. The molecule has 0 aliphatic heterocycles. The Bertz CT molecular complexity index is 886. The van der Waals surface area contributed by atoms with E-state index >= 15 is 0 Å². The largest absolute Gasteiger partial charge is 0.444 e. The molecular formula is C21H29N3O5S2. The molecule has 1 aromatic heterocycles. The third-order valence-electron chi connectivity index (χ3n) is 3.90. The minimum absolute atomic E-state index is 0.227. The van der Waals surface area contributed by atoms with Gasteiger partial charge in [-0.3, -0.25) is 4.79 Å². The molecule has 0 unspecified atom stereocenters. The molecule has 8 nitrogen and oxygen atoms in total.